The molecule has 1 heterocycles. The average Bonchev–Trinajstić information content (AvgIpc) is 2.75. The number of carbonyl (C=O) groups excluding carboxylic acids is 1. The van der Waals surface area contributed by atoms with Gasteiger partial charge >= 0.3 is 13.3 Å². The third-order valence-electron chi connectivity index (χ3n) is 4.96. The second kappa shape index (κ2) is 6.23. The van der Waals surface area contributed by atoms with Crippen molar-refractivity contribution < 1.29 is 18.8 Å². The zero-order valence-electron chi connectivity index (χ0n) is 14.7. The lowest BCUT2D eigenvalue weighted by Crippen LogP contribution is -2.44. The van der Waals surface area contributed by atoms with Crippen molar-refractivity contribution in [1.82, 2.24) is 0 Å². The van der Waals surface area contributed by atoms with Crippen molar-refractivity contribution in [2.24, 2.45) is 0 Å². The molecule has 1 aliphatic rings. The highest BCUT2D eigenvalue weighted by Gasteiger charge is 2.56. The molecule has 0 amide bonds. The fourth-order valence-electron chi connectivity index (χ4n) is 3.18. The highest BCUT2D eigenvalue weighted by molar-refractivity contribution is 6.41. The van der Waals surface area contributed by atoms with E-state index in [2.05, 4.69) is 6.92 Å². The first-order chi connectivity index (χ1) is 11.4. The maximum absolute atomic E-state index is 12.6. The number of hydrogen-bond acceptors (Lipinski definition) is 4. The van der Waals surface area contributed by atoms with Gasteiger partial charge in [-0.2, -0.15) is 0 Å². The Morgan fingerprint density at radius 3 is 2.54 bits per heavy atom. The van der Waals surface area contributed by atoms with Crippen LogP contribution in [0.2, 0.25) is 0 Å². The molecule has 24 heavy (non-hydrogen) atoms. The van der Waals surface area contributed by atoms with Crippen LogP contribution in [0.3, 0.4) is 0 Å². The highest BCUT2D eigenvalue weighted by Crippen LogP contribution is 2.40. The molecule has 0 N–H and O–H groups in total. The van der Waals surface area contributed by atoms with Crippen LogP contribution in [0.25, 0.3) is 10.8 Å². The Labute approximate surface area is 143 Å². The van der Waals surface area contributed by atoms with Crippen LogP contribution in [-0.2, 0) is 14.0 Å². The number of fused-ring (bicyclic) bond motifs is 1. The quantitative estimate of drug-likeness (QED) is 0.783. The second-order valence-electron chi connectivity index (χ2n) is 6.95. The summed E-state index contributed by atoms with van der Waals surface area (Å²) in [6.45, 7) is 8.03. The fourth-order valence-corrected chi connectivity index (χ4v) is 3.18. The Balaban J connectivity index is 1.80. The molecule has 0 bridgehead atoms. The van der Waals surface area contributed by atoms with E-state index in [4.69, 9.17) is 14.0 Å². The molecule has 0 saturated carbocycles. The number of rotatable bonds is 4. The van der Waals surface area contributed by atoms with Gasteiger partial charge in [0.2, 0.25) is 0 Å². The van der Waals surface area contributed by atoms with Gasteiger partial charge in [0, 0.05) is 0 Å². The Morgan fingerprint density at radius 2 is 1.79 bits per heavy atom. The zero-order valence-corrected chi connectivity index (χ0v) is 14.7. The largest absolute Gasteiger partial charge is 0.716 e. The minimum Gasteiger partial charge on any atom is -0.481 e. The van der Waals surface area contributed by atoms with Gasteiger partial charge in [-0.3, -0.25) is 0 Å². The predicted octanol–water partition coefficient (Wildman–Crippen LogP) is 4.37. The van der Waals surface area contributed by atoms with E-state index in [0.29, 0.717) is 5.56 Å². The first-order valence-electron chi connectivity index (χ1n) is 8.41. The molecule has 1 fully saturated rings. The molecule has 2 aromatic carbocycles. The normalized spacial score (nSPS) is 22.8. The first kappa shape index (κ1) is 17.0. The lowest BCUT2D eigenvalue weighted by atomic mass is 9.84. The third-order valence-corrected chi connectivity index (χ3v) is 4.96. The summed E-state index contributed by atoms with van der Waals surface area (Å²) in [5.41, 5.74) is -0.486. The summed E-state index contributed by atoms with van der Waals surface area (Å²) < 4.78 is 17.3. The van der Waals surface area contributed by atoms with Gasteiger partial charge in [0.05, 0.1) is 16.8 Å². The predicted molar refractivity (Wildman–Crippen MR) is 94.7 cm³/mol. The third kappa shape index (κ3) is 2.94. The summed E-state index contributed by atoms with van der Waals surface area (Å²) in [7, 11) is -0.983. The van der Waals surface area contributed by atoms with Crippen LogP contribution in [0, 0.1) is 0 Å². The van der Waals surface area contributed by atoms with E-state index in [1.165, 1.54) is 0 Å². The smallest absolute Gasteiger partial charge is 0.481 e. The van der Waals surface area contributed by atoms with Crippen molar-refractivity contribution in [2.45, 2.75) is 51.7 Å². The summed E-state index contributed by atoms with van der Waals surface area (Å²) in [5, 5.41) is 1.86. The lowest BCUT2D eigenvalue weighted by Gasteiger charge is -2.35. The van der Waals surface area contributed by atoms with Gasteiger partial charge < -0.3 is 14.0 Å². The molecule has 3 rings (SSSR count). The molecule has 1 atom stereocenters. The minimum atomic E-state index is -0.983. The van der Waals surface area contributed by atoms with E-state index in [-0.39, 0.29) is 0 Å². The number of benzene rings is 2. The number of carbonyl (C=O) groups is 1. The van der Waals surface area contributed by atoms with Gasteiger partial charge in [0.25, 0.3) is 0 Å². The van der Waals surface area contributed by atoms with Gasteiger partial charge in [0.15, 0.2) is 0 Å². The molecular weight excluding hydrogens is 303 g/mol. The molecule has 0 spiro atoms. The molecule has 0 aliphatic carbocycles. The molecule has 0 radical (unpaired) electrons. The van der Waals surface area contributed by atoms with Crippen LogP contribution >= 0.6 is 0 Å². The van der Waals surface area contributed by atoms with Crippen molar-refractivity contribution in [3.63, 3.8) is 0 Å². The second-order valence-corrected chi connectivity index (χ2v) is 6.95. The average molecular weight is 326 g/mol. The zero-order chi connectivity index (χ0) is 17.4. The topological polar surface area (TPSA) is 44.8 Å². The van der Waals surface area contributed by atoms with E-state index >= 15 is 0 Å². The summed E-state index contributed by atoms with van der Waals surface area (Å²) in [5.74, 6) is -0.437. The van der Waals surface area contributed by atoms with Crippen LogP contribution in [0.4, 0.5) is 0 Å². The molecule has 126 valence electrons. The van der Waals surface area contributed by atoms with Crippen LogP contribution < -0.4 is 0 Å². The maximum atomic E-state index is 12.6. The molecular formula is C19H23BO4. The molecule has 1 aliphatic heterocycles. The van der Waals surface area contributed by atoms with Gasteiger partial charge in [-0.1, -0.05) is 49.7 Å². The van der Waals surface area contributed by atoms with Crippen LogP contribution in [-0.4, -0.2) is 24.5 Å². The summed E-state index contributed by atoms with van der Waals surface area (Å²) in [6, 6.07) is 13.3. The van der Waals surface area contributed by atoms with Gasteiger partial charge in [0.1, 0.15) is 0 Å². The van der Waals surface area contributed by atoms with E-state index in [0.717, 1.165) is 23.6 Å². The Kier molecular flexibility index (Phi) is 4.41. The maximum Gasteiger partial charge on any atom is 0.716 e. The number of hydrogen-bond donors (Lipinski definition) is 0. The van der Waals surface area contributed by atoms with E-state index < -0.39 is 24.5 Å². The summed E-state index contributed by atoms with van der Waals surface area (Å²) >= 11 is 0. The van der Waals surface area contributed by atoms with Gasteiger partial charge in [-0.15, -0.1) is 0 Å². The van der Waals surface area contributed by atoms with Crippen molar-refractivity contribution in [3.05, 3.63) is 48.0 Å². The van der Waals surface area contributed by atoms with E-state index in [1.807, 2.05) is 57.2 Å². The first-order valence-corrected chi connectivity index (χ1v) is 8.41. The van der Waals surface area contributed by atoms with Crippen molar-refractivity contribution >= 4 is 24.1 Å². The Morgan fingerprint density at radius 1 is 1.08 bits per heavy atom. The van der Waals surface area contributed by atoms with Crippen molar-refractivity contribution in [3.8, 4) is 0 Å². The van der Waals surface area contributed by atoms with E-state index in [9.17, 15) is 4.79 Å². The highest BCUT2D eigenvalue weighted by atomic mass is 16.8. The molecule has 5 heteroatoms. The minimum absolute atomic E-state index is 0.437. The van der Waals surface area contributed by atoms with Crippen molar-refractivity contribution in [1.29, 1.82) is 0 Å². The lowest BCUT2D eigenvalue weighted by molar-refractivity contribution is -0.0160. The van der Waals surface area contributed by atoms with Crippen molar-refractivity contribution in [2.75, 3.05) is 0 Å². The van der Waals surface area contributed by atoms with Crippen LogP contribution in [0.1, 0.15) is 50.9 Å². The molecule has 0 aromatic heterocycles. The monoisotopic (exact) mass is 326 g/mol. The van der Waals surface area contributed by atoms with Gasteiger partial charge in [-0.05, 0) is 44.0 Å². The SMILES string of the molecule is CCCC1(C)OB(OC(=O)c2cccc3ccccc23)OC1(C)C. The molecule has 4 nitrogen and oxygen atoms in total. The summed E-state index contributed by atoms with van der Waals surface area (Å²) in [4.78, 5) is 12.6. The molecule has 1 unspecified atom stereocenters. The fraction of sp³-hybridized carbons (Fsp3) is 0.421. The Hall–Kier alpha value is -1.85. The van der Waals surface area contributed by atoms with E-state index in [1.54, 1.807) is 6.07 Å². The molecule has 2 aromatic rings. The summed E-state index contributed by atoms with van der Waals surface area (Å²) in [6.07, 6.45) is 1.80. The standard InChI is InChI=1S/C19H23BO4/c1-5-13-19(4)18(2,3)23-20(24-19)22-17(21)16-12-8-10-14-9-6-7-11-15(14)16/h6-12H,5,13H2,1-4H3. The molecule has 1 saturated heterocycles. The van der Waals surface area contributed by atoms with Crippen LogP contribution in [0.5, 0.6) is 0 Å². The van der Waals surface area contributed by atoms with Crippen LogP contribution in [0.15, 0.2) is 42.5 Å². The van der Waals surface area contributed by atoms with Gasteiger partial charge in [-0.25, -0.2) is 4.79 Å². The Bertz CT molecular complexity index is 753.